The summed E-state index contributed by atoms with van der Waals surface area (Å²) in [4.78, 5) is 28.0. The van der Waals surface area contributed by atoms with Crippen LogP contribution < -0.4 is 10.2 Å². The van der Waals surface area contributed by atoms with Crippen LogP contribution in [0.1, 0.15) is 28.5 Å². The smallest absolute Gasteiger partial charge is 0.293 e. The first kappa shape index (κ1) is 22.7. The Balaban J connectivity index is 0.00000259. The Kier molecular flexibility index (Phi) is 6.05. The normalized spacial score (nSPS) is 15.6. The molecule has 2 N–H and O–H groups in total. The van der Waals surface area contributed by atoms with Gasteiger partial charge in [-0.1, -0.05) is 0 Å². The number of β-amino-alcohol motifs (C(OH)–C–C–N with tert-alkyl or cyclic N) is 1. The molecule has 3 aromatic heterocycles. The zero-order chi connectivity index (χ0) is 22.4. The van der Waals surface area contributed by atoms with Crippen LogP contribution in [0.5, 0.6) is 0 Å². The van der Waals surface area contributed by atoms with Crippen molar-refractivity contribution in [3.05, 3.63) is 47.9 Å². The Morgan fingerprint density at radius 2 is 2.09 bits per heavy atom. The van der Waals surface area contributed by atoms with Gasteiger partial charge in [0.25, 0.3) is 5.91 Å². The van der Waals surface area contributed by atoms with E-state index in [1.807, 2.05) is 19.2 Å². The number of nitrogens with zero attached hydrogens (tertiary/aromatic N) is 6. The van der Waals surface area contributed by atoms with Crippen molar-refractivity contribution in [2.75, 3.05) is 23.3 Å². The number of carbonyl (C=O) groups is 1. The quantitative estimate of drug-likeness (QED) is 0.467. The van der Waals surface area contributed by atoms with Crippen molar-refractivity contribution in [3.8, 4) is 11.6 Å². The van der Waals surface area contributed by atoms with E-state index in [0.717, 1.165) is 16.6 Å². The molecule has 5 rings (SSSR count). The second-order valence-electron chi connectivity index (χ2n) is 7.96. The summed E-state index contributed by atoms with van der Waals surface area (Å²) in [5.41, 5.74) is 3.32. The van der Waals surface area contributed by atoms with Crippen LogP contribution in [0.2, 0.25) is 0 Å². The summed E-state index contributed by atoms with van der Waals surface area (Å²) >= 11 is 0. The Bertz CT molecular complexity index is 1330. The van der Waals surface area contributed by atoms with Gasteiger partial charge in [-0.2, -0.15) is 5.10 Å². The lowest BCUT2D eigenvalue weighted by molar-refractivity contribution is 0.0996. The molecule has 1 aliphatic rings. The molecule has 0 saturated carbocycles. The first-order chi connectivity index (χ1) is 15.4. The van der Waals surface area contributed by atoms with Gasteiger partial charge < -0.3 is 19.7 Å². The summed E-state index contributed by atoms with van der Waals surface area (Å²) in [6.45, 7) is 4.71. The van der Waals surface area contributed by atoms with Crippen LogP contribution in [0.3, 0.4) is 0 Å². The third-order valence-corrected chi connectivity index (χ3v) is 5.61. The number of carbonyl (C=O) groups excluding carboxylic acids is 1. The highest BCUT2D eigenvalue weighted by Crippen LogP contribution is 2.34. The van der Waals surface area contributed by atoms with Gasteiger partial charge in [0.05, 0.1) is 34.9 Å². The Labute approximate surface area is 196 Å². The predicted molar refractivity (Wildman–Crippen MR) is 126 cm³/mol. The fourth-order valence-electron chi connectivity index (χ4n) is 3.98. The molecule has 10 nitrogen and oxygen atoms in total. The molecule has 11 heteroatoms. The van der Waals surface area contributed by atoms with Crippen LogP contribution in [-0.4, -0.2) is 54.9 Å². The van der Waals surface area contributed by atoms with Gasteiger partial charge in [-0.05, 0) is 38.5 Å². The molecule has 0 radical (unpaired) electrons. The van der Waals surface area contributed by atoms with Gasteiger partial charge in [-0.15, -0.1) is 12.4 Å². The number of oxazole rings is 1. The number of aromatic nitrogens is 5. The highest BCUT2D eigenvalue weighted by molar-refractivity contribution is 6.06. The maximum atomic E-state index is 13.2. The van der Waals surface area contributed by atoms with E-state index in [1.54, 1.807) is 37.0 Å². The van der Waals surface area contributed by atoms with Crippen molar-refractivity contribution >= 4 is 40.6 Å². The molecule has 172 valence electrons. The number of anilines is 2. The van der Waals surface area contributed by atoms with Gasteiger partial charge in [0.2, 0.25) is 11.7 Å². The zero-order valence-corrected chi connectivity index (χ0v) is 19.3. The zero-order valence-electron chi connectivity index (χ0n) is 18.4. The van der Waals surface area contributed by atoms with Crippen molar-refractivity contribution in [2.24, 2.45) is 7.05 Å². The minimum Gasteiger partial charge on any atom is -0.429 e. The molecule has 0 spiro atoms. The fraction of sp³-hybridized carbons (Fsp3) is 0.318. The standard InChI is InChI=1S/C22H23N7O3.ClH/c1-12-20(32-22(25-12)16-4-6-23-13(2)26-16)21(31)27-17-9-18-14(10-24-28(18)3)8-19(17)29-7-5-15(30)11-29;/h4,6,8-10,15,30H,5,7,11H2,1-3H3,(H,27,31);1H. The monoisotopic (exact) mass is 469 g/mol. The number of halogens is 1. The molecule has 1 amide bonds. The van der Waals surface area contributed by atoms with Gasteiger partial charge in [0.15, 0.2) is 0 Å². The molecule has 4 heterocycles. The lowest BCUT2D eigenvalue weighted by Crippen LogP contribution is -2.23. The second kappa shape index (κ2) is 8.80. The summed E-state index contributed by atoms with van der Waals surface area (Å²) in [6.07, 6.45) is 3.70. The third-order valence-electron chi connectivity index (χ3n) is 5.61. The summed E-state index contributed by atoms with van der Waals surface area (Å²) in [5.74, 6) is 0.567. The Morgan fingerprint density at radius 1 is 1.27 bits per heavy atom. The van der Waals surface area contributed by atoms with Crippen LogP contribution in [0, 0.1) is 13.8 Å². The number of benzene rings is 1. The van der Waals surface area contributed by atoms with Crippen molar-refractivity contribution in [1.29, 1.82) is 0 Å². The van der Waals surface area contributed by atoms with Crippen molar-refractivity contribution in [1.82, 2.24) is 24.7 Å². The number of fused-ring (bicyclic) bond motifs is 1. The molecule has 1 fully saturated rings. The minimum absolute atomic E-state index is 0. The Morgan fingerprint density at radius 3 is 2.82 bits per heavy atom. The molecule has 1 unspecified atom stereocenters. The van der Waals surface area contributed by atoms with Crippen LogP contribution in [0.15, 0.2) is 35.0 Å². The molecule has 0 bridgehead atoms. The van der Waals surface area contributed by atoms with Crippen molar-refractivity contribution in [3.63, 3.8) is 0 Å². The molecule has 33 heavy (non-hydrogen) atoms. The van der Waals surface area contributed by atoms with Crippen LogP contribution >= 0.6 is 12.4 Å². The average Bonchev–Trinajstić information content (AvgIpc) is 3.46. The molecule has 4 aromatic rings. The number of aryl methyl sites for hydroxylation is 3. The lowest BCUT2D eigenvalue weighted by atomic mass is 10.1. The largest absolute Gasteiger partial charge is 0.429 e. The molecule has 1 aromatic carbocycles. The van der Waals surface area contributed by atoms with E-state index >= 15 is 0 Å². The van der Waals surface area contributed by atoms with Crippen LogP contribution in [0.4, 0.5) is 11.4 Å². The van der Waals surface area contributed by atoms with Gasteiger partial charge in [-0.25, -0.2) is 15.0 Å². The average molecular weight is 470 g/mol. The highest BCUT2D eigenvalue weighted by Gasteiger charge is 2.26. The van der Waals surface area contributed by atoms with Crippen molar-refractivity contribution < 1.29 is 14.3 Å². The summed E-state index contributed by atoms with van der Waals surface area (Å²) in [5, 5.41) is 18.3. The van der Waals surface area contributed by atoms with E-state index in [4.69, 9.17) is 4.42 Å². The van der Waals surface area contributed by atoms with Gasteiger partial charge in [-0.3, -0.25) is 9.48 Å². The first-order valence-corrected chi connectivity index (χ1v) is 10.4. The number of nitrogens with one attached hydrogen (secondary N) is 1. The van der Waals surface area contributed by atoms with E-state index in [1.165, 1.54) is 0 Å². The maximum Gasteiger partial charge on any atom is 0.293 e. The second-order valence-corrected chi connectivity index (χ2v) is 7.96. The first-order valence-electron chi connectivity index (χ1n) is 10.4. The van der Waals surface area contributed by atoms with E-state index in [9.17, 15) is 9.90 Å². The Hall–Kier alpha value is -3.50. The number of hydrogen-bond acceptors (Lipinski definition) is 8. The van der Waals surface area contributed by atoms with Crippen molar-refractivity contribution in [2.45, 2.75) is 26.4 Å². The van der Waals surface area contributed by atoms with E-state index in [2.05, 4.69) is 30.3 Å². The van der Waals surface area contributed by atoms with Gasteiger partial charge in [0, 0.05) is 31.7 Å². The van der Waals surface area contributed by atoms with Gasteiger partial charge in [0.1, 0.15) is 11.5 Å². The lowest BCUT2D eigenvalue weighted by Gasteiger charge is -2.22. The molecule has 1 atom stereocenters. The van der Waals surface area contributed by atoms with Crippen LogP contribution in [-0.2, 0) is 7.05 Å². The van der Waals surface area contributed by atoms with E-state index < -0.39 is 12.0 Å². The summed E-state index contributed by atoms with van der Waals surface area (Å²) < 4.78 is 7.54. The van der Waals surface area contributed by atoms with E-state index in [-0.39, 0.29) is 24.1 Å². The highest BCUT2D eigenvalue weighted by atomic mass is 35.5. The number of aliphatic hydroxyl groups is 1. The number of aliphatic hydroxyl groups excluding tert-OH is 1. The molecular weight excluding hydrogens is 446 g/mol. The summed E-state index contributed by atoms with van der Waals surface area (Å²) in [7, 11) is 1.85. The number of amides is 1. The topological polar surface area (TPSA) is 122 Å². The minimum atomic E-state index is -0.408. The molecular formula is C22H24ClN7O3. The maximum absolute atomic E-state index is 13.2. The number of rotatable bonds is 4. The van der Waals surface area contributed by atoms with E-state index in [0.29, 0.717) is 42.4 Å². The molecule has 0 aliphatic carbocycles. The molecule has 1 aliphatic heterocycles. The van der Waals surface area contributed by atoms with Crippen LogP contribution in [0.25, 0.3) is 22.5 Å². The molecule has 1 saturated heterocycles. The van der Waals surface area contributed by atoms with Gasteiger partial charge >= 0.3 is 0 Å². The SMILES string of the molecule is Cc1nccc(-c2nc(C)c(C(=O)Nc3cc4c(cnn4C)cc3N3CCC(O)C3)o2)n1.Cl. The fourth-order valence-corrected chi connectivity index (χ4v) is 3.98. The predicted octanol–water partition coefficient (Wildman–Crippen LogP) is 2.88. The summed E-state index contributed by atoms with van der Waals surface area (Å²) in [6, 6.07) is 5.56. The number of hydrogen-bond donors (Lipinski definition) is 2. The third kappa shape index (κ3) is 4.27.